The fourth-order valence-corrected chi connectivity index (χ4v) is 3.65. The molecule has 2 aromatic carbocycles. The fraction of sp³-hybridized carbons (Fsp3) is 0.429. The molecule has 1 saturated heterocycles. The van der Waals surface area contributed by atoms with Crippen molar-refractivity contribution < 1.29 is 17.9 Å². The Kier molecular flexibility index (Phi) is 6.39. The summed E-state index contributed by atoms with van der Waals surface area (Å²) in [7, 11) is 0. The monoisotopic (exact) mass is 378 g/mol. The Hall–Kier alpha value is -2.05. The van der Waals surface area contributed by atoms with Gasteiger partial charge in [0, 0.05) is 19.6 Å². The number of hydrogen-bond acceptors (Lipinski definition) is 3. The second kappa shape index (κ2) is 8.76. The molecule has 1 heterocycles. The van der Waals surface area contributed by atoms with Crippen LogP contribution < -0.4 is 10.1 Å². The van der Waals surface area contributed by atoms with Gasteiger partial charge in [0.1, 0.15) is 5.75 Å². The van der Waals surface area contributed by atoms with Gasteiger partial charge in [-0.3, -0.25) is 4.90 Å². The molecule has 27 heavy (non-hydrogen) atoms. The highest BCUT2D eigenvalue weighted by molar-refractivity contribution is 5.41. The van der Waals surface area contributed by atoms with E-state index in [0.29, 0.717) is 24.5 Å². The van der Waals surface area contributed by atoms with Crippen LogP contribution in [0.1, 0.15) is 36.1 Å². The van der Waals surface area contributed by atoms with Gasteiger partial charge >= 0.3 is 6.18 Å². The van der Waals surface area contributed by atoms with Crippen molar-refractivity contribution in [2.75, 3.05) is 32.8 Å². The number of halogens is 3. The molecule has 146 valence electrons. The summed E-state index contributed by atoms with van der Waals surface area (Å²) in [6.07, 6.45) is -3.49. The molecule has 1 atom stereocenters. The van der Waals surface area contributed by atoms with E-state index in [1.807, 2.05) is 31.2 Å². The Morgan fingerprint density at radius 1 is 1.07 bits per heavy atom. The van der Waals surface area contributed by atoms with Gasteiger partial charge in [0.15, 0.2) is 0 Å². The number of hydrogen-bond donors (Lipinski definition) is 1. The molecule has 0 aliphatic carbocycles. The number of benzene rings is 2. The molecule has 0 radical (unpaired) electrons. The summed E-state index contributed by atoms with van der Waals surface area (Å²) in [5, 5.41) is 3.32. The van der Waals surface area contributed by atoms with Crippen LogP contribution in [-0.2, 0) is 6.18 Å². The summed E-state index contributed by atoms with van der Waals surface area (Å²) in [6, 6.07) is 12.9. The van der Waals surface area contributed by atoms with E-state index in [1.165, 1.54) is 12.1 Å². The summed E-state index contributed by atoms with van der Waals surface area (Å²) in [5.41, 5.74) is 0.536. The summed E-state index contributed by atoms with van der Waals surface area (Å²) in [5.74, 6) is 0.678. The lowest BCUT2D eigenvalue weighted by Crippen LogP contribution is -2.34. The lowest BCUT2D eigenvalue weighted by atomic mass is 9.92. The van der Waals surface area contributed by atoms with Crippen LogP contribution in [0.2, 0.25) is 0 Å². The maximum Gasteiger partial charge on any atom is 0.416 e. The minimum Gasteiger partial charge on any atom is -0.494 e. The van der Waals surface area contributed by atoms with Gasteiger partial charge in [-0.05, 0) is 49.2 Å². The zero-order valence-electron chi connectivity index (χ0n) is 15.4. The quantitative estimate of drug-likeness (QED) is 0.830. The van der Waals surface area contributed by atoms with E-state index in [2.05, 4.69) is 10.2 Å². The van der Waals surface area contributed by atoms with Crippen molar-refractivity contribution in [1.29, 1.82) is 0 Å². The predicted molar refractivity (Wildman–Crippen MR) is 100.0 cm³/mol. The van der Waals surface area contributed by atoms with Crippen molar-refractivity contribution in [2.24, 2.45) is 0 Å². The van der Waals surface area contributed by atoms with Crippen LogP contribution in [-0.4, -0.2) is 37.7 Å². The largest absolute Gasteiger partial charge is 0.494 e. The van der Waals surface area contributed by atoms with Crippen LogP contribution in [0.5, 0.6) is 5.75 Å². The minimum absolute atomic E-state index is 0.292. The first-order valence-electron chi connectivity index (χ1n) is 9.34. The van der Waals surface area contributed by atoms with E-state index < -0.39 is 17.8 Å². The van der Waals surface area contributed by atoms with Gasteiger partial charge in [-0.1, -0.05) is 30.3 Å². The summed E-state index contributed by atoms with van der Waals surface area (Å²) < 4.78 is 46.7. The summed E-state index contributed by atoms with van der Waals surface area (Å²) in [6.45, 7) is 5.47. The van der Waals surface area contributed by atoms with Crippen molar-refractivity contribution in [2.45, 2.75) is 25.6 Å². The molecular formula is C21H25F3N2O. The van der Waals surface area contributed by atoms with Gasteiger partial charge in [-0.25, -0.2) is 0 Å². The second-order valence-electron chi connectivity index (χ2n) is 6.63. The zero-order valence-corrected chi connectivity index (χ0v) is 15.4. The van der Waals surface area contributed by atoms with Crippen molar-refractivity contribution in [3.8, 4) is 5.75 Å². The van der Waals surface area contributed by atoms with Crippen molar-refractivity contribution in [1.82, 2.24) is 10.2 Å². The standard InChI is InChI=1S/C21H25F3N2O/c1-2-27-17-8-5-7-16(15-17)20(26-13-6-11-25-12-14-26)18-9-3-4-10-19(18)21(22,23)24/h3-5,7-10,15,20,25H,2,6,11-14H2,1H3. The average Bonchev–Trinajstić information content (AvgIpc) is 2.92. The SMILES string of the molecule is CCOc1cccc(C(c2ccccc2C(F)(F)F)N2CCCNCC2)c1. The smallest absolute Gasteiger partial charge is 0.416 e. The first-order valence-corrected chi connectivity index (χ1v) is 9.34. The number of alkyl halides is 3. The number of nitrogens with zero attached hydrogens (tertiary/aromatic N) is 1. The molecule has 0 bridgehead atoms. The number of rotatable bonds is 5. The van der Waals surface area contributed by atoms with Gasteiger partial charge in [0.2, 0.25) is 0 Å². The van der Waals surface area contributed by atoms with E-state index >= 15 is 0 Å². The average molecular weight is 378 g/mol. The van der Waals surface area contributed by atoms with Gasteiger partial charge in [-0.15, -0.1) is 0 Å². The molecule has 1 aliphatic rings. The third-order valence-corrected chi connectivity index (χ3v) is 4.79. The van der Waals surface area contributed by atoms with Crippen LogP contribution in [0, 0.1) is 0 Å². The fourth-order valence-electron chi connectivity index (χ4n) is 3.65. The molecule has 1 aliphatic heterocycles. The maximum absolute atomic E-state index is 13.7. The zero-order chi connectivity index (χ0) is 19.3. The lowest BCUT2D eigenvalue weighted by molar-refractivity contribution is -0.138. The third kappa shape index (κ3) is 4.82. The normalized spacial score (nSPS) is 17.3. The van der Waals surface area contributed by atoms with Gasteiger partial charge < -0.3 is 10.1 Å². The van der Waals surface area contributed by atoms with E-state index in [0.717, 1.165) is 31.6 Å². The Morgan fingerprint density at radius 2 is 1.89 bits per heavy atom. The molecule has 0 spiro atoms. The van der Waals surface area contributed by atoms with Gasteiger partial charge in [0.25, 0.3) is 0 Å². The molecule has 0 amide bonds. The molecule has 1 N–H and O–H groups in total. The first kappa shape index (κ1) is 19.7. The summed E-state index contributed by atoms with van der Waals surface area (Å²) >= 11 is 0. The topological polar surface area (TPSA) is 24.5 Å². The predicted octanol–water partition coefficient (Wildman–Crippen LogP) is 4.49. The van der Waals surface area contributed by atoms with Gasteiger partial charge in [0.05, 0.1) is 18.2 Å². The van der Waals surface area contributed by atoms with E-state index in [-0.39, 0.29) is 0 Å². The maximum atomic E-state index is 13.7. The Morgan fingerprint density at radius 3 is 2.67 bits per heavy atom. The highest BCUT2D eigenvalue weighted by Gasteiger charge is 2.37. The highest BCUT2D eigenvalue weighted by Crippen LogP contribution is 2.39. The van der Waals surface area contributed by atoms with E-state index in [4.69, 9.17) is 4.74 Å². The Labute approximate surface area is 158 Å². The van der Waals surface area contributed by atoms with Crippen LogP contribution in [0.15, 0.2) is 48.5 Å². The molecule has 2 aromatic rings. The summed E-state index contributed by atoms with van der Waals surface area (Å²) in [4.78, 5) is 2.13. The molecule has 3 nitrogen and oxygen atoms in total. The molecule has 1 unspecified atom stereocenters. The highest BCUT2D eigenvalue weighted by atomic mass is 19.4. The third-order valence-electron chi connectivity index (χ3n) is 4.79. The second-order valence-corrected chi connectivity index (χ2v) is 6.63. The van der Waals surface area contributed by atoms with Crippen molar-refractivity contribution in [3.05, 3.63) is 65.2 Å². The number of ether oxygens (including phenoxy) is 1. The Balaban J connectivity index is 2.10. The molecular weight excluding hydrogens is 353 g/mol. The van der Waals surface area contributed by atoms with Gasteiger partial charge in [-0.2, -0.15) is 13.2 Å². The van der Waals surface area contributed by atoms with Crippen LogP contribution in [0.4, 0.5) is 13.2 Å². The van der Waals surface area contributed by atoms with E-state index in [9.17, 15) is 13.2 Å². The molecule has 1 fully saturated rings. The molecule has 0 saturated carbocycles. The molecule has 3 rings (SSSR count). The first-order chi connectivity index (χ1) is 13.0. The Bertz CT molecular complexity index is 740. The minimum atomic E-state index is -4.39. The molecule has 0 aromatic heterocycles. The van der Waals surface area contributed by atoms with Crippen molar-refractivity contribution >= 4 is 0 Å². The number of nitrogens with one attached hydrogen (secondary N) is 1. The van der Waals surface area contributed by atoms with Crippen LogP contribution >= 0.6 is 0 Å². The lowest BCUT2D eigenvalue weighted by Gasteiger charge is -2.33. The van der Waals surface area contributed by atoms with Crippen LogP contribution in [0.25, 0.3) is 0 Å². The van der Waals surface area contributed by atoms with Crippen LogP contribution in [0.3, 0.4) is 0 Å². The van der Waals surface area contributed by atoms with Crippen molar-refractivity contribution in [3.63, 3.8) is 0 Å². The van der Waals surface area contributed by atoms with E-state index in [1.54, 1.807) is 12.1 Å². The molecule has 6 heteroatoms.